The Bertz CT molecular complexity index is 370. The Morgan fingerprint density at radius 2 is 2.06 bits per heavy atom. The zero-order valence-corrected chi connectivity index (χ0v) is 11.6. The third-order valence-corrected chi connectivity index (χ3v) is 4.21. The van der Waals surface area contributed by atoms with Gasteiger partial charge in [-0.15, -0.1) is 0 Å². The molecule has 1 aliphatic carbocycles. The first-order chi connectivity index (χ1) is 8.70. The Kier molecular flexibility index (Phi) is 4.72. The number of hydrogen-bond donors (Lipinski definition) is 1. The van der Waals surface area contributed by atoms with Crippen molar-refractivity contribution < 1.29 is 0 Å². The highest BCUT2D eigenvalue weighted by atomic mass is 15.1. The van der Waals surface area contributed by atoms with Crippen LogP contribution in [0.2, 0.25) is 0 Å². The molecule has 0 aliphatic heterocycles. The highest BCUT2D eigenvalue weighted by Crippen LogP contribution is 2.27. The molecule has 0 spiro atoms. The molecule has 0 saturated heterocycles. The zero-order chi connectivity index (χ0) is 13.0. The lowest BCUT2D eigenvalue weighted by atomic mass is 9.86. The van der Waals surface area contributed by atoms with Crippen molar-refractivity contribution in [3.8, 4) is 0 Å². The summed E-state index contributed by atoms with van der Waals surface area (Å²) < 4.78 is 0. The lowest BCUT2D eigenvalue weighted by Gasteiger charge is -2.33. The van der Waals surface area contributed by atoms with Gasteiger partial charge in [0, 0.05) is 25.3 Å². The molecule has 1 heterocycles. The Morgan fingerprint density at radius 3 is 2.72 bits per heavy atom. The second-order valence-electron chi connectivity index (χ2n) is 5.64. The fourth-order valence-corrected chi connectivity index (χ4v) is 2.88. The molecule has 0 bridgehead atoms. The maximum atomic E-state index is 5.74. The van der Waals surface area contributed by atoms with Crippen molar-refractivity contribution in [3.05, 3.63) is 29.6 Å². The quantitative estimate of drug-likeness (QED) is 0.889. The summed E-state index contributed by atoms with van der Waals surface area (Å²) in [6, 6.07) is 4.88. The number of hydrogen-bond acceptors (Lipinski definition) is 3. The first kappa shape index (κ1) is 13.5. The average molecular weight is 247 g/mol. The van der Waals surface area contributed by atoms with Crippen molar-refractivity contribution in [3.63, 3.8) is 0 Å². The van der Waals surface area contributed by atoms with Gasteiger partial charge in [0.25, 0.3) is 0 Å². The van der Waals surface area contributed by atoms with Crippen LogP contribution in [-0.4, -0.2) is 23.0 Å². The fraction of sp³-hybridized carbons (Fsp3) is 0.667. The molecule has 0 radical (unpaired) electrons. The molecule has 0 aromatic carbocycles. The van der Waals surface area contributed by atoms with Crippen LogP contribution in [0.1, 0.15) is 43.9 Å². The Morgan fingerprint density at radius 1 is 1.33 bits per heavy atom. The summed E-state index contributed by atoms with van der Waals surface area (Å²) in [5, 5.41) is 0. The third kappa shape index (κ3) is 3.30. The lowest BCUT2D eigenvalue weighted by molar-refractivity contribution is 0.163. The highest BCUT2D eigenvalue weighted by molar-refractivity contribution is 5.19. The van der Waals surface area contributed by atoms with Crippen LogP contribution >= 0.6 is 0 Å². The minimum Gasteiger partial charge on any atom is -0.325 e. The van der Waals surface area contributed by atoms with Gasteiger partial charge in [0.1, 0.15) is 0 Å². The van der Waals surface area contributed by atoms with Gasteiger partial charge in [-0.3, -0.25) is 9.88 Å². The van der Waals surface area contributed by atoms with Crippen LogP contribution in [0.4, 0.5) is 0 Å². The lowest BCUT2D eigenvalue weighted by Crippen LogP contribution is -2.34. The van der Waals surface area contributed by atoms with E-state index in [1.165, 1.54) is 31.2 Å². The Balaban J connectivity index is 1.96. The topological polar surface area (TPSA) is 42.2 Å². The van der Waals surface area contributed by atoms with Crippen molar-refractivity contribution in [2.75, 3.05) is 7.05 Å². The smallest absolute Gasteiger partial charge is 0.0584 e. The summed E-state index contributed by atoms with van der Waals surface area (Å²) in [7, 11) is 2.23. The van der Waals surface area contributed by atoms with Crippen LogP contribution in [0.3, 0.4) is 0 Å². The summed E-state index contributed by atoms with van der Waals surface area (Å²) in [5.74, 6) is 0.910. The van der Waals surface area contributed by atoms with Gasteiger partial charge in [-0.05, 0) is 50.3 Å². The maximum absolute atomic E-state index is 5.74. The van der Waals surface area contributed by atoms with Crippen LogP contribution in [0.25, 0.3) is 0 Å². The molecular formula is C15H25N3. The van der Waals surface area contributed by atoms with E-state index >= 15 is 0 Å². The summed E-state index contributed by atoms with van der Waals surface area (Å²) in [6.07, 6.45) is 7.22. The van der Waals surface area contributed by atoms with Crippen molar-refractivity contribution in [1.82, 2.24) is 9.88 Å². The van der Waals surface area contributed by atoms with Gasteiger partial charge in [0.2, 0.25) is 0 Å². The summed E-state index contributed by atoms with van der Waals surface area (Å²) in [5.41, 5.74) is 8.06. The molecule has 0 unspecified atom stereocenters. The molecule has 100 valence electrons. The zero-order valence-electron chi connectivity index (χ0n) is 11.6. The van der Waals surface area contributed by atoms with Crippen LogP contribution in [-0.2, 0) is 13.1 Å². The van der Waals surface area contributed by atoms with E-state index < -0.39 is 0 Å². The van der Waals surface area contributed by atoms with Gasteiger partial charge in [-0.1, -0.05) is 13.0 Å². The summed E-state index contributed by atoms with van der Waals surface area (Å²) in [4.78, 5) is 6.83. The molecule has 2 N–H and O–H groups in total. The van der Waals surface area contributed by atoms with E-state index in [0.717, 1.165) is 24.2 Å². The maximum Gasteiger partial charge on any atom is 0.0584 e. The van der Waals surface area contributed by atoms with E-state index in [2.05, 4.69) is 29.9 Å². The van der Waals surface area contributed by atoms with Crippen LogP contribution < -0.4 is 5.73 Å². The summed E-state index contributed by atoms with van der Waals surface area (Å²) >= 11 is 0. The second kappa shape index (κ2) is 6.30. The SMILES string of the molecule is CC1CCC(N(C)Cc2cccnc2CN)CC1. The van der Waals surface area contributed by atoms with E-state index in [4.69, 9.17) is 5.73 Å². The van der Waals surface area contributed by atoms with Gasteiger partial charge in [-0.2, -0.15) is 0 Å². The van der Waals surface area contributed by atoms with Gasteiger partial charge < -0.3 is 5.73 Å². The van der Waals surface area contributed by atoms with Crippen LogP contribution in [0.5, 0.6) is 0 Å². The van der Waals surface area contributed by atoms with Crippen molar-refractivity contribution in [2.45, 2.75) is 51.7 Å². The van der Waals surface area contributed by atoms with E-state index in [-0.39, 0.29) is 0 Å². The molecule has 0 atom stereocenters. The largest absolute Gasteiger partial charge is 0.325 e. The average Bonchev–Trinajstić information content (AvgIpc) is 2.40. The molecule has 2 rings (SSSR count). The monoisotopic (exact) mass is 247 g/mol. The molecule has 1 fully saturated rings. The van der Waals surface area contributed by atoms with Crippen molar-refractivity contribution in [1.29, 1.82) is 0 Å². The minimum absolute atomic E-state index is 0.533. The first-order valence-corrected chi connectivity index (χ1v) is 7.03. The number of pyridine rings is 1. The minimum atomic E-state index is 0.533. The number of rotatable bonds is 4. The van der Waals surface area contributed by atoms with Crippen LogP contribution in [0.15, 0.2) is 18.3 Å². The molecule has 1 aromatic heterocycles. The summed E-state index contributed by atoms with van der Waals surface area (Å²) in [6.45, 7) is 3.87. The van der Waals surface area contributed by atoms with E-state index in [1.807, 2.05) is 12.3 Å². The molecule has 18 heavy (non-hydrogen) atoms. The van der Waals surface area contributed by atoms with Crippen LogP contribution in [0, 0.1) is 5.92 Å². The van der Waals surface area contributed by atoms with Gasteiger partial charge in [0.15, 0.2) is 0 Å². The second-order valence-corrected chi connectivity index (χ2v) is 5.64. The highest BCUT2D eigenvalue weighted by Gasteiger charge is 2.22. The van der Waals surface area contributed by atoms with E-state index in [1.54, 1.807) is 0 Å². The molecule has 3 nitrogen and oxygen atoms in total. The van der Waals surface area contributed by atoms with E-state index in [0.29, 0.717) is 6.54 Å². The van der Waals surface area contributed by atoms with E-state index in [9.17, 15) is 0 Å². The number of nitrogens with two attached hydrogens (primary N) is 1. The predicted molar refractivity (Wildman–Crippen MR) is 75.0 cm³/mol. The number of nitrogens with zero attached hydrogens (tertiary/aromatic N) is 2. The van der Waals surface area contributed by atoms with Gasteiger partial charge in [-0.25, -0.2) is 0 Å². The molecule has 1 aromatic rings. The number of aromatic nitrogens is 1. The molecule has 1 aliphatic rings. The van der Waals surface area contributed by atoms with Gasteiger partial charge in [0.05, 0.1) is 5.69 Å². The standard InChI is InChI=1S/C15H25N3/c1-12-5-7-14(8-6-12)18(2)11-13-4-3-9-17-15(13)10-16/h3-4,9,12,14H,5-8,10-11,16H2,1-2H3. The normalized spacial score (nSPS) is 24.4. The third-order valence-electron chi connectivity index (χ3n) is 4.21. The van der Waals surface area contributed by atoms with Crippen molar-refractivity contribution in [2.24, 2.45) is 11.7 Å². The Hall–Kier alpha value is -0.930. The fourth-order valence-electron chi connectivity index (χ4n) is 2.88. The van der Waals surface area contributed by atoms with Gasteiger partial charge >= 0.3 is 0 Å². The molecule has 0 amide bonds. The molecule has 1 saturated carbocycles. The predicted octanol–water partition coefficient (Wildman–Crippen LogP) is 2.55. The molecule has 3 heteroatoms. The Labute approximate surface area is 110 Å². The first-order valence-electron chi connectivity index (χ1n) is 7.03. The van der Waals surface area contributed by atoms with Crippen molar-refractivity contribution >= 4 is 0 Å². The molecular weight excluding hydrogens is 222 g/mol.